The fourth-order valence-corrected chi connectivity index (χ4v) is 1.56. The van der Waals surface area contributed by atoms with E-state index in [1.54, 1.807) is 0 Å². The molecule has 0 aliphatic carbocycles. The molecule has 2 atom stereocenters. The Balaban J connectivity index is 3.85. The van der Waals surface area contributed by atoms with Crippen molar-refractivity contribution >= 4 is 0 Å². The molecule has 0 bridgehead atoms. The first-order chi connectivity index (χ1) is 5.49. The van der Waals surface area contributed by atoms with E-state index in [0.717, 1.165) is 17.9 Å². The molecule has 0 aliphatic rings. The zero-order valence-corrected chi connectivity index (χ0v) is 9.59. The average Bonchev–Trinajstić information content (AvgIpc) is 1.98. The number of rotatable bonds is 5. The van der Waals surface area contributed by atoms with Crippen LogP contribution in [0.5, 0.6) is 0 Å². The standard InChI is InChI=1S/C11H25N/c1-7-11(9(2)3)8-10(4)12(5)6/h9-11H,7-8H2,1-6H3. The molecule has 12 heavy (non-hydrogen) atoms. The molecule has 0 fully saturated rings. The second-order valence-electron chi connectivity index (χ2n) is 4.46. The van der Waals surface area contributed by atoms with Crippen LogP contribution in [0.15, 0.2) is 0 Å². The van der Waals surface area contributed by atoms with Gasteiger partial charge in [0.05, 0.1) is 0 Å². The molecule has 0 N–H and O–H groups in total. The van der Waals surface area contributed by atoms with Gasteiger partial charge in [0.2, 0.25) is 0 Å². The normalized spacial score (nSPS) is 17.0. The number of hydrogen-bond donors (Lipinski definition) is 0. The van der Waals surface area contributed by atoms with E-state index in [-0.39, 0.29) is 0 Å². The minimum atomic E-state index is 0.720. The predicted molar refractivity (Wildman–Crippen MR) is 56.4 cm³/mol. The molecule has 0 saturated heterocycles. The highest BCUT2D eigenvalue weighted by atomic mass is 15.1. The first-order valence-electron chi connectivity index (χ1n) is 5.15. The van der Waals surface area contributed by atoms with Crippen LogP contribution < -0.4 is 0 Å². The van der Waals surface area contributed by atoms with Crippen LogP contribution in [-0.4, -0.2) is 25.0 Å². The molecular weight excluding hydrogens is 146 g/mol. The van der Waals surface area contributed by atoms with Crippen LogP contribution in [0.2, 0.25) is 0 Å². The van der Waals surface area contributed by atoms with Crippen molar-refractivity contribution in [1.82, 2.24) is 4.90 Å². The van der Waals surface area contributed by atoms with E-state index in [4.69, 9.17) is 0 Å². The molecule has 0 rings (SSSR count). The fraction of sp³-hybridized carbons (Fsp3) is 1.00. The van der Waals surface area contributed by atoms with E-state index in [2.05, 4.69) is 46.7 Å². The third-order valence-corrected chi connectivity index (χ3v) is 2.99. The summed E-state index contributed by atoms with van der Waals surface area (Å²) < 4.78 is 0. The highest BCUT2D eigenvalue weighted by Crippen LogP contribution is 2.21. The highest BCUT2D eigenvalue weighted by molar-refractivity contribution is 4.68. The summed E-state index contributed by atoms with van der Waals surface area (Å²) in [6.45, 7) is 9.27. The SMILES string of the molecule is CCC(CC(C)N(C)C)C(C)C. The Morgan fingerprint density at radius 3 is 1.83 bits per heavy atom. The third-order valence-electron chi connectivity index (χ3n) is 2.99. The van der Waals surface area contributed by atoms with Gasteiger partial charge >= 0.3 is 0 Å². The van der Waals surface area contributed by atoms with Crippen molar-refractivity contribution in [2.45, 2.75) is 46.6 Å². The van der Waals surface area contributed by atoms with E-state index in [9.17, 15) is 0 Å². The van der Waals surface area contributed by atoms with Crippen LogP contribution >= 0.6 is 0 Å². The minimum Gasteiger partial charge on any atom is -0.307 e. The third kappa shape index (κ3) is 4.10. The van der Waals surface area contributed by atoms with Crippen molar-refractivity contribution in [3.63, 3.8) is 0 Å². The van der Waals surface area contributed by atoms with Crippen molar-refractivity contribution < 1.29 is 0 Å². The van der Waals surface area contributed by atoms with Crippen LogP contribution in [0, 0.1) is 11.8 Å². The molecular formula is C11H25N. The summed E-state index contributed by atoms with van der Waals surface area (Å²) in [5.41, 5.74) is 0. The van der Waals surface area contributed by atoms with Crippen molar-refractivity contribution in [2.24, 2.45) is 11.8 Å². The molecule has 1 nitrogen and oxygen atoms in total. The Morgan fingerprint density at radius 1 is 1.08 bits per heavy atom. The topological polar surface area (TPSA) is 3.24 Å². The Labute approximate surface area is 78.1 Å². The van der Waals surface area contributed by atoms with Gasteiger partial charge in [0.1, 0.15) is 0 Å². The van der Waals surface area contributed by atoms with Crippen LogP contribution in [0.3, 0.4) is 0 Å². The Kier molecular flexibility index (Phi) is 5.56. The molecule has 0 aromatic rings. The second-order valence-corrected chi connectivity index (χ2v) is 4.46. The van der Waals surface area contributed by atoms with Crippen molar-refractivity contribution in [3.05, 3.63) is 0 Å². The van der Waals surface area contributed by atoms with Crippen LogP contribution in [0.4, 0.5) is 0 Å². The monoisotopic (exact) mass is 171 g/mol. The van der Waals surface area contributed by atoms with Gasteiger partial charge in [-0.05, 0) is 39.3 Å². The number of nitrogens with zero attached hydrogens (tertiary/aromatic N) is 1. The largest absolute Gasteiger partial charge is 0.307 e. The summed E-state index contributed by atoms with van der Waals surface area (Å²) in [4.78, 5) is 2.31. The lowest BCUT2D eigenvalue weighted by molar-refractivity contribution is 0.227. The quantitative estimate of drug-likeness (QED) is 0.614. The lowest BCUT2D eigenvalue weighted by Gasteiger charge is -2.27. The summed E-state index contributed by atoms with van der Waals surface area (Å²) in [5.74, 6) is 1.72. The molecule has 0 radical (unpaired) electrons. The molecule has 2 unspecified atom stereocenters. The molecule has 0 aromatic carbocycles. The maximum absolute atomic E-state index is 2.33. The maximum Gasteiger partial charge on any atom is 0.00635 e. The minimum absolute atomic E-state index is 0.720. The second kappa shape index (κ2) is 5.58. The van der Waals surface area contributed by atoms with Crippen LogP contribution in [-0.2, 0) is 0 Å². The zero-order valence-electron chi connectivity index (χ0n) is 9.59. The molecule has 0 heterocycles. The summed E-state index contributed by atoms with van der Waals surface area (Å²) in [5, 5.41) is 0. The number of hydrogen-bond acceptors (Lipinski definition) is 1. The van der Waals surface area contributed by atoms with E-state index in [1.807, 2.05) is 0 Å². The van der Waals surface area contributed by atoms with Gasteiger partial charge in [0.15, 0.2) is 0 Å². The van der Waals surface area contributed by atoms with E-state index >= 15 is 0 Å². The van der Waals surface area contributed by atoms with Gasteiger partial charge in [-0.3, -0.25) is 0 Å². The van der Waals surface area contributed by atoms with Gasteiger partial charge in [-0.2, -0.15) is 0 Å². The van der Waals surface area contributed by atoms with E-state index in [1.165, 1.54) is 12.8 Å². The average molecular weight is 171 g/mol. The smallest absolute Gasteiger partial charge is 0.00635 e. The molecule has 0 aromatic heterocycles. The fourth-order valence-electron chi connectivity index (χ4n) is 1.56. The van der Waals surface area contributed by atoms with Gasteiger partial charge in [-0.1, -0.05) is 27.2 Å². The van der Waals surface area contributed by atoms with E-state index in [0.29, 0.717) is 0 Å². The highest BCUT2D eigenvalue weighted by Gasteiger charge is 2.15. The van der Waals surface area contributed by atoms with Gasteiger partial charge < -0.3 is 4.90 Å². The molecule has 1 heteroatoms. The zero-order chi connectivity index (χ0) is 9.72. The Bertz CT molecular complexity index is 108. The molecule has 0 amide bonds. The van der Waals surface area contributed by atoms with Gasteiger partial charge in [0, 0.05) is 6.04 Å². The predicted octanol–water partition coefficient (Wildman–Crippen LogP) is 3.01. The Hall–Kier alpha value is -0.0400. The Morgan fingerprint density at radius 2 is 1.58 bits per heavy atom. The van der Waals surface area contributed by atoms with Crippen molar-refractivity contribution in [1.29, 1.82) is 0 Å². The summed E-state index contributed by atoms with van der Waals surface area (Å²) in [6.07, 6.45) is 2.65. The molecule has 74 valence electrons. The van der Waals surface area contributed by atoms with Gasteiger partial charge in [-0.25, -0.2) is 0 Å². The summed E-state index contributed by atoms with van der Waals surface area (Å²) in [6, 6.07) is 0.720. The molecule has 0 saturated carbocycles. The maximum atomic E-state index is 2.33. The van der Waals surface area contributed by atoms with Gasteiger partial charge in [0.25, 0.3) is 0 Å². The summed E-state index contributed by atoms with van der Waals surface area (Å²) >= 11 is 0. The van der Waals surface area contributed by atoms with Crippen molar-refractivity contribution in [3.8, 4) is 0 Å². The lowest BCUT2D eigenvalue weighted by atomic mass is 9.87. The molecule has 0 spiro atoms. The van der Waals surface area contributed by atoms with Crippen molar-refractivity contribution in [2.75, 3.05) is 14.1 Å². The first-order valence-corrected chi connectivity index (χ1v) is 5.15. The van der Waals surface area contributed by atoms with Crippen LogP contribution in [0.25, 0.3) is 0 Å². The lowest BCUT2D eigenvalue weighted by Crippen LogP contribution is -2.28. The van der Waals surface area contributed by atoms with Crippen LogP contribution in [0.1, 0.15) is 40.5 Å². The summed E-state index contributed by atoms with van der Waals surface area (Å²) in [7, 11) is 4.33. The molecule has 0 aliphatic heterocycles. The van der Waals surface area contributed by atoms with Gasteiger partial charge in [-0.15, -0.1) is 0 Å². The van der Waals surface area contributed by atoms with E-state index < -0.39 is 0 Å². The first kappa shape index (κ1) is 12.0.